The van der Waals surface area contributed by atoms with E-state index in [4.69, 9.17) is 0 Å². The van der Waals surface area contributed by atoms with Crippen molar-refractivity contribution in [1.82, 2.24) is 0 Å². The monoisotopic (exact) mass is 392 g/mol. The van der Waals surface area contributed by atoms with Crippen LogP contribution in [0.15, 0.2) is 62.8 Å². The fourth-order valence-corrected chi connectivity index (χ4v) is 3.21. The van der Waals surface area contributed by atoms with E-state index in [2.05, 4.69) is 15.9 Å². The lowest BCUT2D eigenvalue weighted by Gasteiger charge is -2.03. The second-order valence-corrected chi connectivity index (χ2v) is 7.26. The second kappa shape index (κ2) is 6.73. The number of rotatable bonds is 4. The molecule has 0 radical (unpaired) electrons. The molecule has 6 nitrogen and oxygen atoms in total. The smallest absolute Gasteiger partial charge is 0.258 e. The van der Waals surface area contributed by atoms with Crippen LogP contribution in [0.25, 0.3) is 6.08 Å². The van der Waals surface area contributed by atoms with E-state index >= 15 is 0 Å². The lowest BCUT2D eigenvalue weighted by atomic mass is 10.2. The molecule has 0 amide bonds. The van der Waals surface area contributed by atoms with Crippen molar-refractivity contribution in [1.29, 1.82) is 5.26 Å². The molecule has 0 bridgehead atoms. The van der Waals surface area contributed by atoms with Gasteiger partial charge in [0.25, 0.3) is 5.69 Å². The van der Waals surface area contributed by atoms with Crippen LogP contribution in [0.1, 0.15) is 5.56 Å². The third kappa shape index (κ3) is 3.83. The van der Waals surface area contributed by atoms with Crippen LogP contribution in [0.2, 0.25) is 0 Å². The molecule has 23 heavy (non-hydrogen) atoms. The van der Waals surface area contributed by atoms with Gasteiger partial charge in [0.2, 0.25) is 9.84 Å². The average Bonchev–Trinajstić information content (AvgIpc) is 2.53. The SMILES string of the molecule is N#C/C(=C\c1cccc([N+](=O)[O-])c1)S(=O)(=O)c1ccc(Br)cc1. The van der Waals surface area contributed by atoms with Gasteiger partial charge in [-0.2, -0.15) is 5.26 Å². The molecule has 0 unspecified atom stereocenters. The van der Waals surface area contributed by atoms with Crippen LogP contribution < -0.4 is 0 Å². The summed E-state index contributed by atoms with van der Waals surface area (Å²) in [6, 6.07) is 12.9. The Hall–Kier alpha value is -2.50. The highest BCUT2D eigenvalue weighted by Gasteiger charge is 2.21. The van der Waals surface area contributed by atoms with Gasteiger partial charge in [-0.25, -0.2) is 8.42 Å². The maximum atomic E-state index is 12.5. The number of benzene rings is 2. The summed E-state index contributed by atoms with van der Waals surface area (Å²) in [5.74, 6) is 0. The second-order valence-electron chi connectivity index (χ2n) is 4.43. The van der Waals surface area contributed by atoms with Gasteiger partial charge in [0.15, 0.2) is 0 Å². The first-order valence-electron chi connectivity index (χ1n) is 6.21. The summed E-state index contributed by atoms with van der Waals surface area (Å²) in [6.45, 7) is 0. The van der Waals surface area contributed by atoms with Crippen molar-refractivity contribution >= 4 is 37.5 Å². The van der Waals surface area contributed by atoms with Gasteiger partial charge in [-0.1, -0.05) is 28.1 Å². The van der Waals surface area contributed by atoms with Crippen molar-refractivity contribution in [2.75, 3.05) is 0 Å². The van der Waals surface area contributed by atoms with E-state index < -0.39 is 19.7 Å². The number of nitrogens with zero attached hydrogens (tertiary/aromatic N) is 2. The lowest BCUT2D eigenvalue weighted by Crippen LogP contribution is -2.03. The average molecular weight is 393 g/mol. The first-order chi connectivity index (χ1) is 10.8. The highest BCUT2D eigenvalue weighted by Crippen LogP contribution is 2.24. The van der Waals surface area contributed by atoms with E-state index in [1.807, 2.05) is 0 Å². The molecular weight excluding hydrogens is 384 g/mol. The van der Waals surface area contributed by atoms with Crippen LogP contribution in [0.5, 0.6) is 0 Å². The predicted octanol–water partition coefficient (Wildman–Crippen LogP) is 3.70. The van der Waals surface area contributed by atoms with E-state index in [0.29, 0.717) is 4.47 Å². The fraction of sp³-hybridized carbons (Fsp3) is 0. The number of allylic oxidation sites excluding steroid dienone is 1. The van der Waals surface area contributed by atoms with Crippen molar-refractivity contribution < 1.29 is 13.3 Å². The molecule has 2 aromatic rings. The zero-order chi connectivity index (χ0) is 17.0. The summed E-state index contributed by atoms with van der Waals surface area (Å²) >= 11 is 3.20. The minimum atomic E-state index is -3.99. The van der Waals surface area contributed by atoms with Gasteiger partial charge in [0, 0.05) is 16.6 Å². The Kier molecular flexibility index (Phi) is 4.93. The Morgan fingerprint density at radius 3 is 2.43 bits per heavy atom. The minimum absolute atomic E-state index is 0.0288. The maximum Gasteiger partial charge on any atom is 0.270 e. The van der Waals surface area contributed by atoms with Gasteiger partial charge >= 0.3 is 0 Å². The molecule has 0 fully saturated rings. The van der Waals surface area contributed by atoms with Crippen molar-refractivity contribution in [3.05, 3.63) is 73.6 Å². The largest absolute Gasteiger partial charge is 0.270 e. The van der Waals surface area contributed by atoms with Gasteiger partial charge < -0.3 is 0 Å². The summed E-state index contributed by atoms with van der Waals surface area (Å²) in [5, 5.41) is 19.9. The van der Waals surface area contributed by atoms with E-state index in [-0.39, 0.29) is 16.1 Å². The zero-order valence-corrected chi connectivity index (χ0v) is 13.9. The highest BCUT2D eigenvalue weighted by atomic mass is 79.9. The lowest BCUT2D eigenvalue weighted by molar-refractivity contribution is -0.384. The highest BCUT2D eigenvalue weighted by molar-refractivity contribution is 9.10. The van der Waals surface area contributed by atoms with E-state index in [1.54, 1.807) is 18.2 Å². The van der Waals surface area contributed by atoms with Crippen molar-refractivity contribution in [3.63, 3.8) is 0 Å². The van der Waals surface area contributed by atoms with Crippen LogP contribution in [0.4, 0.5) is 5.69 Å². The summed E-state index contributed by atoms with van der Waals surface area (Å²) in [5.41, 5.74) is 0.0773. The summed E-state index contributed by atoms with van der Waals surface area (Å²) < 4.78 is 25.6. The molecule has 8 heteroatoms. The van der Waals surface area contributed by atoms with Gasteiger partial charge in [-0.3, -0.25) is 10.1 Å². The standard InChI is InChI=1S/C15H9BrN2O4S/c16-12-4-6-14(7-5-12)23(21,22)15(10-17)9-11-2-1-3-13(8-11)18(19)20/h1-9H/b15-9+. The van der Waals surface area contributed by atoms with Crippen LogP contribution in [0, 0.1) is 21.4 Å². The predicted molar refractivity (Wildman–Crippen MR) is 88.0 cm³/mol. The minimum Gasteiger partial charge on any atom is -0.258 e. The van der Waals surface area contributed by atoms with Crippen molar-refractivity contribution in [2.24, 2.45) is 0 Å². The number of non-ortho nitro benzene ring substituents is 1. The first kappa shape index (κ1) is 16.9. The van der Waals surface area contributed by atoms with Gasteiger partial charge in [-0.05, 0) is 35.9 Å². The van der Waals surface area contributed by atoms with Crippen molar-refractivity contribution in [2.45, 2.75) is 4.90 Å². The van der Waals surface area contributed by atoms with Gasteiger partial charge in [0.05, 0.1) is 9.82 Å². The number of nitriles is 1. The van der Waals surface area contributed by atoms with Crippen LogP contribution >= 0.6 is 15.9 Å². The number of halogens is 1. The Morgan fingerprint density at radius 2 is 1.87 bits per heavy atom. The summed E-state index contributed by atoms with van der Waals surface area (Å²) in [4.78, 5) is 9.65. The molecule has 0 saturated heterocycles. The van der Waals surface area contributed by atoms with Crippen molar-refractivity contribution in [3.8, 4) is 6.07 Å². The first-order valence-corrected chi connectivity index (χ1v) is 8.49. The Labute approximate surface area is 140 Å². The molecule has 0 saturated carbocycles. The fourth-order valence-electron chi connectivity index (χ4n) is 1.79. The normalized spacial score (nSPS) is 11.7. The topological polar surface area (TPSA) is 101 Å². The third-order valence-electron chi connectivity index (χ3n) is 2.90. The molecule has 0 atom stereocenters. The van der Waals surface area contributed by atoms with Gasteiger partial charge in [-0.15, -0.1) is 0 Å². The number of hydrogen-bond acceptors (Lipinski definition) is 5. The van der Waals surface area contributed by atoms with E-state index in [9.17, 15) is 23.8 Å². The summed E-state index contributed by atoms with van der Waals surface area (Å²) in [6.07, 6.45) is 1.12. The number of hydrogen-bond donors (Lipinski definition) is 0. The Morgan fingerprint density at radius 1 is 1.22 bits per heavy atom. The van der Waals surface area contributed by atoms with E-state index in [1.165, 1.54) is 36.4 Å². The quantitative estimate of drug-likeness (QED) is 0.448. The Balaban J connectivity index is 2.50. The molecule has 2 rings (SSSR count). The maximum absolute atomic E-state index is 12.5. The Bertz CT molecular complexity index is 929. The van der Waals surface area contributed by atoms with Gasteiger partial charge in [0.1, 0.15) is 11.0 Å². The molecule has 116 valence electrons. The number of sulfone groups is 1. The molecule has 0 aromatic heterocycles. The van der Waals surface area contributed by atoms with E-state index in [0.717, 1.165) is 6.08 Å². The number of nitro benzene ring substituents is 1. The van der Waals surface area contributed by atoms with Crippen LogP contribution in [-0.4, -0.2) is 13.3 Å². The summed E-state index contributed by atoms with van der Waals surface area (Å²) in [7, 11) is -3.99. The molecule has 0 aliphatic heterocycles. The molecule has 0 heterocycles. The van der Waals surface area contributed by atoms with Crippen LogP contribution in [0.3, 0.4) is 0 Å². The molecule has 0 N–H and O–H groups in total. The molecule has 0 aliphatic carbocycles. The van der Waals surface area contributed by atoms with Crippen LogP contribution in [-0.2, 0) is 9.84 Å². The molecular formula is C15H9BrN2O4S. The molecule has 0 spiro atoms. The zero-order valence-electron chi connectivity index (χ0n) is 11.5. The molecule has 0 aliphatic rings. The molecule has 2 aromatic carbocycles. The third-order valence-corrected chi connectivity index (χ3v) is 5.11. The number of nitro groups is 1.